The van der Waals surface area contributed by atoms with Gasteiger partial charge in [0, 0.05) is 22.9 Å². The molecule has 1 heterocycles. The molecule has 0 saturated heterocycles. The minimum Gasteiger partial charge on any atom is -0.507 e. The lowest BCUT2D eigenvalue weighted by Crippen LogP contribution is -2.43. The molecule has 0 saturated carbocycles. The van der Waals surface area contributed by atoms with Crippen LogP contribution in [-0.4, -0.2) is 16.4 Å². The lowest BCUT2D eigenvalue weighted by molar-refractivity contribution is 0.104. The average Bonchev–Trinajstić information content (AvgIpc) is 2.47. The number of benzene rings is 2. The molecule has 3 nitrogen and oxygen atoms in total. The summed E-state index contributed by atoms with van der Waals surface area (Å²) in [6.45, 7) is 4.05. The summed E-state index contributed by atoms with van der Waals surface area (Å²) in [4.78, 5) is 12.5. The van der Waals surface area contributed by atoms with E-state index in [9.17, 15) is 14.3 Å². The molecule has 0 fully saturated rings. The molecule has 0 spiro atoms. The number of hydrogen-bond donors (Lipinski definition) is 2. The second-order valence-electron chi connectivity index (χ2n) is 6.43. The van der Waals surface area contributed by atoms with E-state index >= 15 is 0 Å². The largest absolute Gasteiger partial charge is 0.507 e. The molecule has 4 heteroatoms. The standard InChI is InChI=1S/C19H18FNO2/c1-19(2)11-12-7-8-13(20)9-15(12)16(21-19)10-18(23)14-5-3-4-6-17(14)22/h3-10,21-22H,11H2,1-2H3/b16-10-. The zero-order chi connectivity index (χ0) is 16.6. The number of ketones is 1. The Balaban J connectivity index is 2.07. The zero-order valence-electron chi connectivity index (χ0n) is 13.1. The van der Waals surface area contributed by atoms with Crippen LogP contribution in [0.2, 0.25) is 0 Å². The highest BCUT2D eigenvalue weighted by Crippen LogP contribution is 2.30. The van der Waals surface area contributed by atoms with Crippen molar-refractivity contribution in [1.82, 2.24) is 5.32 Å². The number of hydrogen-bond acceptors (Lipinski definition) is 3. The molecular formula is C19H18FNO2. The monoisotopic (exact) mass is 311 g/mol. The van der Waals surface area contributed by atoms with Gasteiger partial charge in [0.25, 0.3) is 0 Å². The van der Waals surface area contributed by atoms with Crippen molar-refractivity contribution >= 4 is 11.5 Å². The van der Waals surface area contributed by atoms with Crippen molar-refractivity contribution < 1.29 is 14.3 Å². The second-order valence-corrected chi connectivity index (χ2v) is 6.43. The third kappa shape index (κ3) is 3.11. The molecule has 0 bridgehead atoms. The van der Waals surface area contributed by atoms with E-state index in [0.717, 1.165) is 12.0 Å². The Bertz CT molecular complexity index is 809. The van der Waals surface area contributed by atoms with Crippen LogP contribution in [0.15, 0.2) is 48.5 Å². The first-order valence-electron chi connectivity index (χ1n) is 7.47. The molecule has 0 atom stereocenters. The maximum absolute atomic E-state index is 13.6. The van der Waals surface area contributed by atoms with Gasteiger partial charge in [0.05, 0.1) is 5.56 Å². The number of aromatic hydroxyl groups is 1. The summed E-state index contributed by atoms with van der Waals surface area (Å²) in [5, 5.41) is 13.1. The minimum atomic E-state index is -0.342. The van der Waals surface area contributed by atoms with E-state index in [4.69, 9.17) is 0 Å². The van der Waals surface area contributed by atoms with E-state index in [2.05, 4.69) is 5.32 Å². The Morgan fingerprint density at radius 2 is 2.00 bits per heavy atom. The van der Waals surface area contributed by atoms with Crippen molar-refractivity contribution in [3.63, 3.8) is 0 Å². The van der Waals surface area contributed by atoms with Gasteiger partial charge in [-0.3, -0.25) is 4.79 Å². The summed E-state index contributed by atoms with van der Waals surface area (Å²) in [6, 6.07) is 11.0. The fraction of sp³-hybridized carbons (Fsp3) is 0.211. The highest BCUT2D eigenvalue weighted by molar-refractivity contribution is 6.10. The predicted molar refractivity (Wildman–Crippen MR) is 87.7 cm³/mol. The highest BCUT2D eigenvalue weighted by Gasteiger charge is 2.28. The molecule has 0 amide bonds. The quantitative estimate of drug-likeness (QED) is 0.657. The summed E-state index contributed by atoms with van der Waals surface area (Å²) in [7, 11) is 0. The van der Waals surface area contributed by atoms with Crippen molar-refractivity contribution in [2.75, 3.05) is 0 Å². The van der Waals surface area contributed by atoms with Gasteiger partial charge < -0.3 is 10.4 Å². The number of nitrogens with one attached hydrogen (secondary N) is 1. The molecule has 23 heavy (non-hydrogen) atoms. The number of halogens is 1. The maximum atomic E-state index is 13.6. The van der Waals surface area contributed by atoms with Crippen molar-refractivity contribution in [2.45, 2.75) is 25.8 Å². The van der Waals surface area contributed by atoms with E-state index in [0.29, 0.717) is 11.3 Å². The van der Waals surface area contributed by atoms with Crippen LogP contribution >= 0.6 is 0 Å². The molecule has 0 unspecified atom stereocenters. The maximum Gasteiger partial charge on any atom is 0.191 e. The predicted octanol–water partition coefficient (Wildman–Crippen LogP) is 3.68. The van der Waals surface area contributed by atoms with Crippen LogP contribution in [0.4, 0.5) is 4.39 Å². The van der Waals surface area contributed by atoms with E-state index in [-0.39, 0.29) is 28.5 Å². The first-order chi connectivity index (χ1) is 10.9. The highest BCUT2D eigenvalue weighted by atomic mass is 19.1. The SMILES string of the molecule is CC1(C)Cc2ccc(F)cc2/C(=C/C(=O)c2ccccc2O)N1. The molecule has 2 aromatic carbocycles. The normalized spacial score (nSPS) is 17.4. The smallest absolute Gasteiger partial charge is 0.191 e. The molecule has 2 N–H and O–H groups in total. The van der Waals surface area contributed by atoms with Gasteiger partial charge in [0.1, 0.15) is 11.6 Å². The van der Waals surface area contributed by atoms with Gasteiger partial charge >= 0.3 is 0 Å². The van der Waals surface area contributed by atoms with Crippen molar-refractivity contribution in [3.8, 4) is 5.75 Å². The van der Waals surface area contributed by atoms with E-state index in [1.54, 1.807) is 24.3 Å². The van der Waals surface area contributed by atoms with Crippen LogP contribution < -0.4 is 5.32 Å². The van der Waals surface area contributed by atoms with E-state index in [1.807, 2.05) is 13.8 Å². The summed E-state index contributed by atoms with van der Waals surface area (Å²) in [5.74, 6) is -0.728. The van der Waals surface area contributed by atoms with E-state index < -0.39 is 0 Å². The summed E-state index contributed by atoms with van der Waals surface area (Å²) in [5.41, 5.74) is 2.24. The van der Waals surface area contributed by atoms with Crippen LogP contribution in [0.1, 0.15) is 35.3 Å². The fourth-order valence-electron chi connectivity index (χ4n) is 2.91. The van der Waals surface area contributed by atoms with Crippen LogP contribution in [0.5, 0.6) is 5.75 Å². The zero-order valence-corrected chi connectivity index (χ0v) is 13.1. The molecule has 2 aromatic rings. The summed E-state index contributed by atoms with van der Waals surface area (Å²) in [6.07, 6.45) is 2.17. The molecule has 0 radical (unpaired) electrons. The topological polar surface area (TPSA) is 49.3 Å². The van der Waals surface area contributed by atoms with Gasteiger partial charge in [0.15, 0.2) is 5.78 Å². The summed E-state index contributed by atoms with van der Waals surface area (Å²) < 4.78 is 13.6. The van der Waals surface area contributed by atoms with Crippen LogP contribution in [0, 0.1) is 5.82 Å². The Kier molecular flexibility index (Phi) is 3.68. The van der Waals surface area contributed by atoms with Gasteiger partial charge in [-0.05, 0) is 50.1 Å². The third-order valence-electron chi connectivity index (χ3n) is 3.91. The average molecular weight is 311 g/mol. The lowest BCUT2D eigenvalue weighted by atomic mass is 9.85. The van der Waals surface area contributed by atoms with Crippen molar-refractivity contribution in [3.05, 3.63) is 71.0 Å². The molecule has 0 aliphatic carbocycles. The van der Waals surface area contributed by atoms with Crippen molar-refractivity contribution in [2.24, 2.45) is 0 Å². The Hall–Kier alpha value is -2.62. The van der Waals surface area contributed by atoms with Crippen LogP contribution in [-0.2, 0) is 6.42 Å². The minimum absolute atomic E-state index is 0.0658. The molecule has 1 aliphatic heterocycles. The molecule has 118 valence electrons. The number of para-hydroxylation sites is 1. The van der Waals surface area contributed by atoms with Gasteiger partial charge in [-0.2, -0.15) is 0 Å². The van der Waals surface area contributed by atoms with Crippen molar-refractivity contribution in [1.29, 1.82) is 0 Å². The Labute approximate surface area is 134 Å². The third-order valence-corrected chi connectivity index (χ3v) is 3.91. The van der Waals surface area contributed by atoms with Gasteiger partial charge in [-0.25, -0.2) is 4.39 Å². The van der Waals surface area contributed by atoms with Crippen LogP contribution in [0.25, 0.3) is 5.70 Å². The number of carbonyl (C=O) groups is 1. The second kappa shape index (κ2) is 5.54. The number of fused-ring (bicyclic) bond motifs is 1. The molecule has 1 aliphatic rings. The number of allylic oxidation sites excluding steroid dienone is 1. The summed E-state index contributed by atoms with van der Waals surface area (Å²) >= 11 is 0. The Morgan fingerprint density at radius 1 is 1.26 bits per heavy atom. The first-order valence-corrected chi connectivity index (χ1v) is 7.47. The fourth-order valence-corrected chi connectivity index (χ4v) is 2.91. The van der Waals surface area contributed by atoms with Gasteiger partial charge in [0.2, 0.25) is 0 Å². The first kappa shape index (κ1) is 15.3. The lowest BCUT2D eigenvalue weighted by Gasteiger charge is -2.35. The molecular weight excluding hydrogens is 293 g/mol. The number of phenolic OH excluding ortho intramolecular Hbond substituents is 1. The Morgan fingerprint density at radius 3 is 2.74 bits per heavy atom. The number of carbonyl (C=O) groups excluding carboxylic acids is 1. The van der Waals surface area contributed by atoms with E-state index in [1.165, 1.54) is 24.3 Å². The van der Waals surface area contributed by atoms with Gasteiger partial charge in [-0.1, -0.05) is 18.2 Å². The number of rotatable bonds is 2. The number of phenols is 1. The van der Waals surface area contributed by atoms with Gasteiger partial charge in [-0.15, -0.1) is 0 Å². The molecule has 3 rings (SSSR count). The molecule has 0 aromatic heterocycles. The van der Waals surface area contributed by atoms with Crippen LogP contribution in [0.3, 0.4) is 0 Å².